The Morgan fingerprint density at radius 3 is 2.74 bits per heavy atom. The van der Waals surface area contributed by atoms with Crippen molar-refractivity contribution in [1.29, 1.82) is 0 Å². The van der Waals surface area contributed by atoms with Crippen molar-refractivity contribution in [2.24, 2.45) is 5.92 Å². The van der Waals surface area contributed by atoms with E-state index in [1.165, 1.54) is 17.7 Å². The van der Waals surface area contributed by atoms with E-state index in [0.29, 0.717) is 5.69 Å². The molecule has 0 spiro atoms. The van der Waals surface area contributed by atoms with Crippen LogP contribution in [0.1, 0.15) is 25.8 Å². The maximum absolute atomic E-state index is 5.85. The van der Waals surface area contributed by atoms with Gasteiger partial charge in [0.05, 0.1) is 12.8 Å². The van der Waals surface area contributed by atoms with E-state index in [0.717, 1.165) is 31.2 Å². The third kappa shape index (κ3) is 3.51. The monoisotopic (exact) mass is 260 g/mol. The number of methoxy groups -OCH3 is 1. The molecule has 1 aliphatic rings. The third-order valence-electron chi connectivity index (χ3n) is 3.52. The first-order chi connectivity index (χ1) is 9.10. The highest BCUT2D eigenvalue weighted by Crippen LogP contribution is 2.29. The molecule has 2 rings (SSSR count). The summed E-state index contributed by atoms with van der Waals surface area (Å²) < 4.78 is 5.29. The van der Waals surface area contributed by atoms with Crippen molar-refractivity contribution in [1.82, 2.24) is 4.90 Å². The molecule has 0 fully saturated rings. The number of benzene rings is 1. The van der Waals surface area contributed by atoms with E-state index < -0.39 is 0 Å². The highest BCUT2D eigenvalue weighted by molar-refractivity contribution is 5.70. The summed E-state index contributed by atoms with van der Waals surface area (Å²) in [4.78, 5) is 2.50. The molecule has 19 heavy (non-hydrogen) atoms. The third-order valence-corrected chi connectivity index (χ3v) is 3.52. The molecule has 0 atom stereocenters. The zero-order valence-electron chi connectivity index (χ0n) is 12.1. The smallest absolute Gasteiger partial charge is 0.142 e. The minimum Gasteiger partial charge on any atom is -0.495 e. The fourth-order valence-electron chi connectivity index (χ4n) is 2.57. The zero-order valence-corrected chi connectivity index (χ0v) is 12.1. The predicted octanol–water partition coefficient (Wildman–Crippen LogP) is 3.02. The molecule has 1 aromatic rings. The van der Waals surface area contributed by atoms with Gasteiger partial charge in [0.2, 0.25) is 0 Å². The van der Waals surface area contributed by atoms with Gasteiger partial charge in [0.15, 0.2) is 0 Å². The Morgan fingerprint density at radius 1 is 1.37 bits per heavy atom. The minimum atomic E-state index is 0.698. The normalized spacial score (nSPS) is 16.5. The first-order valence-electron chi connectivity index (χ1n) is 6.95. The molecular formula is C16H24N2O. The Bertz CT molecular complexity index is 466. The maximum Gasteiger partial charge on any atom is 0.142 e. The van der Waals surface area contributed by atoms with E-state index in [9.17, 15) is 0 Å². The van der Waals surface area contributed by atoms with Crippen LogP contribution < -0.4 is 10.5 Å². The summed E-state index contributed by atoms with van der Waals surface area (Å²) >= 11 is 0. The molecule has 0 aliphatic carbocycles. The van der Waals surface area contributed by atoms with E-state index in [2.05, 4.69) is 30.9 Å². The number of hydrogen-bond donors (Lipinski definition) is 1. The lowest BCUT2D eigenvalue weighted by Gasteiger charge is -2.28. The SMILES string of the molecule is COc1cc(C2=CCN(CC(C)C)CC2)ccc1N. The van der Waals surface area contributed by atoms with E-state index >= 15 is 0 Å². The average Bonchev–Trinajstić information content (AvgIpc) is 2.40. The summed E-state index contributed by atoms with van der Waals surface area (Å²) in [5.74, 6) is 1.49. The van der Waals surface area contributed by atoms with Crippen LogP contribution in [0.15, 0.2) is 24.3 Å². The molecule has 0 aromatic heterocycles. The number of ether oxygens (including phenoxy) is 1. The Kier molecular flexibility index (Phi) is 4.48. The minimum absolute atomic E-state index is 0.698. The van der Waals surface area contributed by atoms with Crippen molar-refractivity contribution < 1.29 is 4.74 Å². The molecule has 0 bridgehead atoms. The average molecular weight is 260 g/mol. The molecular weight excluding hydrogens is 236 g/mol. The van der Waals surface area contributed by atoms with Gasteiger partial charge in [-0.15, -0.1) is 0 Å². The Balaban J connectivity index is 2.09. The van der Waals surface area contributed by atoms with Crippen LogP contribution in [-0.4, -0.2) is 31.6 Å². The van der Waals surface area contributed by atoms with Crippen LogP contribution in [0.25, 0.3) is 5.57 Å². The highest BCUT2D eigenvalue weighted by Gasteiger charge is 2.14. The van der Waals surface area contributed by atoms with Crippen LogP contribution in [0.2, 0.25) is 0 Å². The molecule has 0 amide bonds. The van der Waals surface area contributed by atoms with Crippen LogP contribution in [0, 0.1) is 5.92 Å². The number of nitrogen functional groups attached to an aromatic ring is 1. The van der Waals surface area contributed by atoms with E-state index in [4.69, 9.17) is 10.5 Å². The molecule has 1 aliphatic heterocycles. The van der Waals surface area contributed by atoms with E-state index in [-0.39, 0.29) is 0 Å². The topological polar surface area (TPSA) is 38.5 Å². The van der Waals surface area contributed by atoms with Crippen LogP contribution in [-0.2, 0) is 0 Å². The zero-order chi connectivity index (χ0) is 13.8. The Morgan fingerprint density at radius 2 is 2.16 bits per heavy atom. The van der Waals surface area contributed by atoms with Gasteiger partial charge in [-0.1, -0.05) is 26.0 Å². The summed E-state index contributed by atoms with van der Waals surface area (Å²) in [7, 11) is 1.66. The fraction of sp³-hybridized carbons (Fsp3) is 0.500. The largest absolute Gasteiger partial charge is 0.495 e. The van der Waals surface area contributed by atoms with Gasteiger partial charge in [-0.25, -0.2) is 0 Å². The second-order valence-electron chi connectivity index (χ2n) is 5.59. The molecule has 104 valence electrons. The van der Waals surface area contributed by atoms with Gasteiger partial charge in [0.25, 0.3) is 0 Å². The van der Waals surface area contributed by atoms with Crippen molar-refractivity contribution in [3.63, 3.8) is 0 Å². The molecule has 1 aromatic carbocycles. The standard InChI is InChI=1S/C16H24N2O/c1-12(2)11-18-8-6-13(7-9-18)14-4-5-15(17)16(10-14)19-3/h4-6,10,12H,7-9,11,17H2,1-3H3. The summed E-state index contributed by atoms with van der Waals surface area (Å²) in [6, 6.07) is 6.05. The molecule has 0 saturated heterocycles. The lowest BCUT2D eigenvalue weighted by molar-refractivity contribution is 0.268. The number of hydrogen-bond acceptors (Lipinski definition) is 3. The van der Waals surface area contributed by atoms with Crippen LogP contribution >= 0.6 is 0 Å². The van der Waals surface area contributed by atoms with Gasteiger partial charge in [0, 0.05) is 19.6 Å². The number of nitrogens with two attached hydrogens (primary N) is 1. The molecule has 0 saturated carbocycles. The van der Waals surface area contributed by atoms with Crippen LogP contribution in [0.3, 0.4) is 0 Å². The quantitative estimate of drug-likeness (QED) is 0.846. The molecule has 0 unspecified atom stereocenters. The summed E-state index contributed by atoms with van der Waals surface area (Å²) in [5, 5.41) is 0. The molecule has 3 heteroatoms. The Hall–Kier alpha value is -1.48. The van der Waals surface area contributed by atoms with Crippen molar-refractivity contribution in [2.45, 2.75) is 20.3 Å². The van der Waals surface area contributed by atoms with Crippen molar-refractivity contribution in [3.8, 4) is 5.75 Å². The fourth-order valence-corrected chi connectivity index (χ4v) is 2.57. The van der Waals surface area contributed by atoms with Gasteiger partial charge < -0.3 is 10.5 Å². The van der Waals surface area contributed by atoms with Crippen molar-refractivity contribution in [3.05, 3.63) is 29.8 Å². The lowest BCUT2D eigenvalue weighted by Crippen LogP contribution is -2.31. The van der Waals surface area contributed by atoms with Gasteiger partial charge in [-0.3, -0.25) is 4.90 Å². The molecule has 3 nitrogen and oxygen atoms in total. The number of nitrogens with zero attached hydrogens (tertiary/aromatic N) is 1. The molecule has 2 N–H and O–H groups in total. The van der Waals surface area contributed by atoms with Crippen LogP contribution in [0.4, 0.5) is 5.69 Å². The summed E-state index contributed by atoms with van der Waals surface area (Å²) in [5.41, 5.74) is 9.18. The summed E-state index contributed by atoms with van der Waals surface area (Å²) in [6.45, 7) is 7.89. The van der Waals surface area contributed by atoms with Gasteiger partial charge in [0.1, 0.15) is 5.75 Å². The van der Waals surface area contributed by atoms with Crippen LogP contribution in [0.5, 0.6) is 5.75 Å². The Labute approximate surface area is 116 Å². The maximum atomic E-state index is 5.85. The second kappa shape index (κ2) is 6.11. The second-order valence-corrected chi connectivity index (χ2v) is 5.59. The van der Waals surface area contributed by atoms with Gasteiger partial charge in [-0.2, -0.15) is 0 Å². The number of anilines is 1. The highest BCUT2D eigenvalue weighted by atomic mass is 16.5. The van der Waals surface area contributed by atoms with E-state index in [1.54, 1.807) is 7.11 Å². The van der Waals surface area contributed by atoms with Gasteiger partial charge >= 0.3 is 0 Å². The number of rotatable bonds is 4. The predicted molar refractivity (Wildman–Crippen MR) is 81.3 cm³/mol. The molecule has 1 heterocycles. The first-order valence-corrected chi connectivity index (χ1v) is 6.95. The van der Waals surface area contributed by atoms with Gasteiger partial charge in [-0.05, 0) is 35.6 Å². The first kappa shape index (κ1) is 13.9. The van der Waals surface area contributed by atoms with Crippen molar-refractivity contribution in [2.75, 3.05) is 32.5 Å². The van der Waals surface area contributed by atoms with Crippen molar-refractivity contribution >= 4 is 11.3 Å². The van der Waals surface area contributed by atoms with E-state index in [1.807, 2.05) is 12.1 Å². The summed E-state index contributed by atoms with van der Waals surface area (Å²) in [6.07, 6.45) is 3.43. The molecule has 0 radical (unpaired) electrons. The lowest BCUT2D eigenvalue weighted by atomic mass is 9.98.